The molecular formula is C20H24ClN3O2. The number of benzene rings is 1. The van der Waals surface area contributed by atoms with Crippen molar-refractivity contribution < 1.29 is 9.53 Å². The molecule has 0 unspecified atom stereocenters. The van der Waals surface area contributed by atoms with Crippen molar-refractivity contribution in [3.8, 4) is 6.01 Å². The summed E-state index contributed by atoms with van der Waals surface area (Å²) in [6, 6.07) is 10.0. The molecule has 5 nitrogen and oxygen atoms in total. The third kappa shape index (κ3) is 5.18. The molecule has 138 valence electrons. The van der Waals surface area contributed by atoms with Crippen LogP contribution in [0.15, 0.2) is 30.3 Å². The highest BCUT2D eigenvalue weighted by molar-refractivity contribution is 6.31. The lowest BCUT2D eigenvalue weighted by molar-refractivity contribution is -0.121. The zero-order chi connectivity index (χ0) is 18.5. The van der Waals surface area contributed by atoms with Crippen molar-refractivity contribution in [2.75, 3.05) is 0 Å². The maximum absolute atomic E-state index is 12.3. The summed E-state index contributed by atoms with van der Waals surface area (Å²) in [6.45, 7) is 3.87. The number of nitrogens with zero attached hydrogens (tertiary/aromatic N) is 2. The van der Waals surface area contributed by atoms with E-state index in [1.54, 1.807) is 0 Å². The SMILES string of the molecule is Cc1cc(C)nc(OC2CCC(NC(=O)Cc3ccccc3Cl)CC2)n1. The summed E-state index contributed by atoms with van der Waals surface area (Å²) in [6.07, 6.45) is 3.97. The Bertz CT molecular complexity index is 753. The number of hydrogen-bond acceptors (Lipinski definition) is 4. The number of rotatable bonds is 5. The van der Waals surface area contributed by atoms with Crippen LogP contribution >= 0.6 is 11.6 Å². The first-order chi connectivity index (χ1) is 12.5. The summed E-state index contributed by atoms with van der Waals surface area (Å²) in [5.41, 5.74) is 2.68. The van der Waals surface area contributed by atoms with Gasteiger partial charge < -0.3 is 10.1 Å². The predicted octanol–water partition coefficient (Wildman–Crippen LogP) is 3.80. The highest BCUT2D eigenvalue weighted by atomic mass is 35.5. The van der Waals surface area contributed by atoms with Crippen molar-refractivity contribution in [1.82, 2.24) is 15.3 Å². The van der Waals surface area contributed by atoms with E-state index in [9.17, 15) is 4.79 Å². The Morgan fingerprint density at radius 3 is 2.46 bits per heavy atom. The monoisotopic (exact) mass is 373 g/mol. The minimum Gasteiger partial charge on any atom is -0.460 e. The lowest BCUT2D eigenvalue weighted by Gasteiger charge is -2.29. The predicted molar refractivity (Wildman–Crippen MR) is 101 cm³/mol. The van der Waals surface area contributed by atoms with Gasteiger partial charge in [-0.3, -0.25) is 4.79 Å². The van der Waals surface area contributed by atoms with Crippen molar-refractivity contribution >= 4 is 17.5 Å². The van der Waals surface area contributed by atoms with E-state index < -0.39 is 0 Å². The maximum atomic E-state index is 12.3. The zero-order valence-corrected chi connectivity index (χ0v) is 15.9. The number of aromatic nitrogens is 2. The lowest BCUT2D eigenvalue weighted by Crippen LogP contribution is -2.40. The van der Waals surface area contributed by atoms with Gasteiger partial charge in [0.25, 0.3) is 0 Å². The Balaban J connectivity index is 1.46. The molecule has 0 aliphatic heterocycles. The molecule has 0 radical (unpaired) electrons. The molecule has 1 aliphatic carbocycles. The van der Waals surface area contributed by atoms with Crippen molar-refractivity contribution in [3.05, 3.63) is 52.3 Å². The van der Waals surface area contributed by atoms with E-state index in [2.05, 4.69) is 15.3 Å². The molecule has 1 amide bonds. The molecule has 1 aromatic heterocycles. The number of ether oxygens (including phenoxy) is 1. The molecule has 6 heteroatoms. The number of amides is 1. The number of carbonyl (C=O) groups excluding carboxylic acids is 1. The second kappa shape index (κ2) is 8.49. The molecular weight excluding hydrogens is 350 g/mol. The zero-order valence-electron chi connectivity index (χ0n) is 15.2. The van der Waals surface area contributed by atoms with Gasteiger partial charge in [-0.2, -0.15) is 0 Å². The van der Waals surface area contributed by atoms with Crippen LogP contribution in [0.3, 0.4) is 0 Å². The third-order valence-corrected chi connectivity index (χ3v) is 4.95. The lowest BCUT2D eigenvalue weighted by atomic mass is 9.93. The first-order valence-electron chi connectivity index (χ1n) is 9.01. The van der Waals surface area contributed by atoms with Gasteiger partial charge >= 0.3 is 6.01 Å². The van der Waals surface area contributed by atoms with Gasteiger partial charge in [0, 0.05) is 22.5 Å². The van der Waals surface area contributed by atoms with E-state index in [1.807, 2.05) is 44.2 Å². The quantitative estimate of drug-likeness (QED) is 0.865. The van der Waals surface area contributed by atoms with Crippen LogP contribution in [0.5, 0.6) is 6.01 Å². The molecule has 3 rings (SSSR count). The van der Waals surface area contributed by atoms with Gasteiger partial charge in [-0.1, -0.05) is 29.8 Å². The normalized spacial score (nSPS) is 19.8. The molecule has 0 bridgehead atoms. The molecule has 1 heterocycles. The Kier molecular flexibility index (Phi) is 6.09. The Hall–Kier alpha value is -2.14. The van der Waals surface area contributed by atoms with Crippen LogP contribution in [0.1, 0.15) is 42.6 Å². The average molecular weight is 374 g/mol. The molecule has 0 saturated heterocycles. The number of hydrogen-bond donors (Lipinski definition) is 1. The van der Waals surface area contributed by atoms with Crippen molar-refractivity contribution in [2.45, 2.75) is 58.1 Å². The molecule has 26 heavy (non-hydrogen) atoms. The fourth-order valence-corrected chi connectivity index (χ4v) is 3.52. The highest BCUT2D eigenvalue weighted by Gasteiger charge is 2.24. The summed E-state index contributed by atoms with van der Waals surface area (Å²) in [5, 5.41) is 3.75. The molecule has 0 atom stereocenters. The van der Waals surface area contributed by atoms with Gasteiger partial charge in [0.05, 0.1) is 6.42 Å². The Labute approximate surface area is 159 Å². The summed E-state index contributed by atoms with van der Waals surface area (Å²) in [5.74, 6) is 0.0140. The largest absolute Gasteiger partial charge is 0.460 e. The van der Waals surface area contributed by atoms with Crippen LogP contribution in [-0.2, 0) is 11.2 Å². The fourth-order valence-electron chi connectivity index (χ4n) is 3.31. The first kappa shape index (κ1) is 18.6. The number of nitrogens with one attached hydrogen (secondary N) is 1. The third-order valence-electron chi connectivity index (χ3n) is 4.58. The van der Waals surface area contributed by atoms with Crippen molar-refractivity contribution in [1.29, 1.82) is 0 Å². The van der Waals surface area contributed by atoms with Gasteiger partial charge in [-0.05, 0) is 57.2 Å². The molecule has 2 aromatic rings. The summed E-state index contributed by atoms with van der Waals surface area (Å²) < 4.78 is 5.93. The van der Waals surface area contributed by atoms with E-state index >= 15 is 0 Å². The van der Waals surface area contributed by atoms with Crippen LogP contribution in [-0.4, -0.2) is 28.0 Å². The average Bonchev–Trinajstić information content (AvgIpc) is 2.58. The van der Waals surface area contributed by atoms with Gasteiger partial charge in [0.1, 0.15) is 6.10 Å². The topological polar surface area (TPSA) is 64.1 Å². The van der Waals surface area contributed by atoms with Crippen LogP contribution in [0.4, 0.5) is 0 Å². The highest BCUT2D eigenvalue weighted by Crippen LogP contribution is 2.23. The summed E-state index contributed by atoms with van der Waals surface area (Å²) in [7, 11) is 0. The summed E-state index contributed by atoms with van der Waals surface area (Å²) >= 11 is 6.12. The van der Waals surface area contributed by atoms with Crippen molar-refractivity contribution in [3.63, 3.8) is 0 Å². The van der Waals surface area contributed by atoms with E-state index in [-0.39, 0.29) is 18.1 Å². The molecule has 1 aliphatic rings. The van der Waals surface area contributed by atoms with Gasteiger partial charge in [-0.25, -0.2) is 9.97 Å². The van der Waals surface area contributed by atoms with Crippen LogP contribution in [0.2, 0.25) is 5.02 Å². The smallest absolute Gasteiger partial charge is 0.317 e. The van der Waals surface area contributed by atoms with Gasteiger partial charge in [-0.15, -0.1) is 0 Å². The van der Waals surface area contributed by atoms with Crippen LogP contribution in [0, 0.1) is 13.8 Å². The molecule has 1 N–H and O–H groups in total. The molecule has 1 aromatic carbocycles. The maximum Gasteiger partial charge on any atom is 0.317 e. The van der Waals surface area contributed by atoms with E-state index in [1.165, 1.54) is 0 Å². The second-order valence-corrected chi connectivity index (χ2v) is 7.27. The van der Waals surface area contributed by atoms with Crippen LogP contribution < -0.4 is 10.1 Å². The van der Waals surface area contributed by atoms with E-state index in [4.69, 9.17) is 16.3 Å². The van der Waals surface area contributed by atoms with E-state index in [0.717, 1.165) is 42.6 Å². The van der Waals surface area contributed by atoms with Gasteiger partial charge in [0.2, 0.25) is 5.91 Å². The Morgan fingerprint density at radius 2 is 1.81 bits per heavy atom. The van der Waals surface area contributed by atoms with Crippen molar-refractivity contribution in [2.24, 2.45) is 0 Å². The van der Waals surface area contributed by atoms with Crippen LogP contribution in [0.25, 0.3) is 0 Å². The molecule has 0 spiro atoms. The number of aryl methyl sites for hydroxylation is 2. The standard InChI is InChI=1S/C20H24ClN3O2/c1-13-11-14(2)23-20(22-13)26-17-9-7-16(8-10-17)24-19(25)12-15-5-3-4-6-18(15)21/h3-6,11,16-17H,7-10,12H2,1-2H3,(H,24,25). The minimum absolute atomic E-state index is 0.0140. The molecule has 1 fully saturated rings. The Morgan fingerprint density at radius 1 is 1.15 bits per heavy atom. The summed E-state index contributed by atoms with van der Waals surface area (Å²) in [4.78, 5) is 20.9. The number of carbonyl (C=O) groups is 1. The molecule has 1 saturated carbocycles. The number of halogens is 1. The first-order valence-corrected chi connectivity index (χ1v) is 9.39. The van der Waals surface area contributed by atoms with E-state index in [0.29, 0.717) is 17.5 Å². The fraction of sp³-hybridized carbons (Fsp3) is 0.450. The second-order valence-electron chi connectivity index (χ2n) is 6.86. The minimum atomic E-state index is 0.0140. The van der Waals surface area contributed by atoms with Gasteiger partial charge in [0.15, 0.2) is 0 Å².